The Labute approximate surface area is 150 Å². The molecule has 3 rings (SSSR count). The van der Waals surface area contributed by atoms with Crippen LogP contribution in [0, 0.1) is 5.41 Å². The van der Waals surface area contributed by atoms with Crippen LogP contribution in [0.3, 0.4) is 0 Å². The number of halogens is 3. The summed E-state index contributed by atoms with van der Waals surface area (Å²) in [5.41, 5.74) is -2.43. The highest BCUT2D eigenvalue weighted by molar-refractivity contribution is 6.13. The van der Waals surface area contributed by atoms with Crippen LogP contribution in [0.1, 0.15) is 25.3 Å². The van der Waals surface area contributed by atoms with E-state index in [1.807, 2.05) is 6.92 Å². The number of piperazine rings is 1. The molecule has 0 atom stereocenters. The highest BCUT2D eigenvalue weighted by Crippen LogP contribution is 2.48. The molecule has 1 aliphatic carbocycles. The van der Waals surface area contributed by atoms with Crippen LogP contribution in [0.15, 0.2) is 24.3 Å². The molecule has 2 aliphatic rings. The molecule has 142 valence electrons. The van der Waals surface area contributed by atoms with Crippen LogP contribution in [0.5, 0.6) is 0 Å². The molecule has 0 unspecified atom stereocenters. The Hall–Kier alpha value is -2.09. The molecule has 1 aromatic carbocycles. The minimum Gasteiger partial charge on any atom is -0.339 e. The van der Waals surface area contributed by atoms with E-state index in [2.05, 4.69) is 10.2 Å². The first-order chi connectivity index (χ1) is 12.3. The third-order valence-electron chi connectivity index (χ3n) is 5.18. The highest BCUT2D eigenvalue weighted by Gasteiger charge is 2.58. The number of rotatable bonds is 4. The highest BCUT2D eigenvalue weighted by atomic mass is 19.4. The zero-order valence-electron chi connectivity index (χ0n) is 14.6. The molecule has 1 N–H and O–H groups in total. The molecule has 2 fully saturated rings. The fraction of sp³-hybridized carbons (Fsp3) is 0.556. The quantitative estimate of drug-likeness (QED) is 0.830. The number of carbonyl (C=O) groups excluding carboxylic acids is 2. The zero-order chi connectivity index (χ0) is 18.9. The van der Waals surface area contributed by atoms with Crippen molar-refractivity contribution in [1.29, 1.82) is 0 Å². The fourth-order valence-electron chi connectivity index (χ4n) is 3.31. The van der Waals surface area contributed by atoms with Gasteiger partial charge in [0.05, 0.1) is 11.3 Å². The van der Waals surface area contributed by atoms with E-state index >= 15 is 0 Å². The van der Waals surface area contributed by atoms with Gasteiger partial charge in [-0.05, 0) is 31.5 Å². The summed E-state index contributed by atoms with van der Waals surface area (Å²) in [6.45, 7) is 5.53. The third kappa shape index (κ3) is 3.56. The Morgan fingerprint density at radius 2 is 1.73 bits per heavy atom. The van der Waals surface area contributed by atoms with Crippen LogP contribution in [-0.4, -0.2) is 54.3 Å². The van der Waals surface area contributed by atoms with E-state index in [1.165, 1.54) is 18.2 Å². The SMILES string of the molecule is CCN1CCN(C(=O)C2(C(=O)Nc3ccccc3C(F)(F)F)CC2)CC1. The maximum atomic E-state index is 13.1. The number of para-hydroxylation sites is 1. The Kier molecular flexibility index (Phi) is 4.96. The second-order valence-corrected chi connectivity index (χ2v) is 6.81. The molecular weight excluding hydrogens is 347 g/mol. The van der Waals surface area contributed by atoms with Crippen molar-refractivity contribution in [1.82, 2.24) is 9.80 Å². The number of amides is 2. The molecule has 0 aromatic heterocycles. The average molecular weight is 369 g/mol. The minimum absolute atomic E-state index is 0.268. The molecule has 2 amide bonds. The van der Waals surface area contributed by atoms with E-state index in [0.29, 0.717) is 25.9 Å². The fourth-order valence-corrected chi connectivity index (χ4v) is 3.31. The van der Waals surface area contributed by atoms with Gasteiger partial charge >= 0.3 is 6.18 Å². The number of likely N-dealkylation sites (N-methyl/N-ethyl adjacent to an activating group) is 1. The molecule has 5 nitrogen and oxygen atoms in total. The molecule has 1 aromatic rings. The maximum Gasteiger partial charge on any atom is 0.418 e. The topological polar surface area (TPSA) is 52.7 Å². The summed E-state index contributed by atoms with van der Waals surface area (Å²) in [4.78, 5) is 29.3. The molecular formula is C18H22F3N3O2. The lowest BCUT2D eigenvalue weighted by molar-refractivity contribution is -0.143. The monoisotopic (exact) mass is 369 g/mol. The molecule has 0 bridgehead atoms. The molecule has 1 saturated carbocycles. The van der Waals surface area contributed by atoms with Gasteiger partial charge in [-0.2, -0.15) is 13.2 Å². The first-order valence-electron chi connectivity index (χ1n) is 8.77. The Morgan fingerprint density at radius 3 is 2.27 bits per heavy atom. The van der Waals surface area contributed by atoms with Gasteiger partial charge in [0, 0.05) is 26.2 Å². The van der Waals surface area contributed by atoms with Crippen molar-refractivity contribution >= 4 is 17.5 Å². The van der Waals surface area contributed by atoms with Crippen LogP contribution in [-0.2, 0) is 15.8 Å². The smallest absolute Gasteiger partial charge is 0.339 e. The van der Waals surface area contributed by atoms with Gasteiger partial charge in [0.15, 0.2) is 0 Å². The van der Waals surface area contributed by atoms with E-state index in [1.54, 1.807) is 4.90 Å². The number of benzene rings is 1. The summed E-state index contributed by atoms with van der Waals surface area (Å²) in [7, 11) is 0. The lowest BCUT2D eigenvalue weighted by Crippen LogP contribution is -2.52. The van der Waals surface area contributed by atoms with Gasteiger partial charge in [0.1, 0.15) is 5.41 Å². The van der Waals surface area contributed by atoms with E-state index in [-0.39, 0.29) is 11.6 Å². The summed E-state index contributed by atoms with van der Waals surface area (Å²) >= 11 is 0. The number of hydrogen-bond donors (Lipinski definition) is 1. The van der Waals surface area contributed by atoms with Gasteiger partial charge in [0.25, 0.3) is 0 Å². The molecule has 1 saturated heterocycles. The largest absolute Gasteiger partial charge is 0.418 e. The van der Waals surface area contributed by atoms with Crippen LogP contribution in [0.25, 0.3) is 0 Å². The lowest BCUT2D eigenvalue weighted by Gasteiger charge is -2.35. The lowest BCUT2D eigenvalue weighted by atomic mass is 10.0. The second-order valence-electron chi connectivity index (χ2n) is 6.81. The van der Waals surface area contributed by atoms with E-state index in [4.69, 9.17) is 0 Å². The number of hydrogen-bond acceptors (Lipinski definition) is 3. The van der Waals surface area contributed by atoms with Crippen molar-refractivity contribution < 1.29 is 22.8 Å². The van der Waals surface area contributed by atoms with Crippen molar-refractivity contribution in [2.75, 3.05) is 38.0 Å². The molecule has 1 aliphatic heterocycles. The van der Waals surface area contributed by atoms with Crippen LogP contribution in [0.4, 0.5) is 18.9 Å². The van der Waals surface area contributed by atoms with Crippen molar-refractivity contribution in [2.24, 2.45) is 5.41 Å². The minimum atomic E-state index is -4.57. The van der Waals surface area contributed by atoms with Gasteiger partial charge in [-0.15, -0.1) is 0 Å². The molecule has 0 radical (unpaired) electrons. The number of nitrogens with zero attached hydrogens (tertiary/aromatic N) is 2. The molecule has 26 heavy (non-hydrogen) atoms. The van der Waals surface area contributed by atoms with Crippen molar-refractivity contribution in [2.45, 2.75) is 25.9 Å². The molecule has 8 heteroatoms. The van der Waals surface area contributed by atoms with Gasteiger partial charge in [-0.3, -0.25) is 9.59 Å². The third-order valence-corrected chi connectivity index (χ3v) is 5.18. The summed E-state index contributed by atoms with van der Waals surface area (Å²) in [5.74, 6) is -0.910. The van der Waals surface area contributed by atoms with Crippen molar-refractivity contribution in [3.8, 4) is 0 Å². The summed E-state index contributed by atoms with van der Waals surface area (Å²) in [5, 5.41) is 2.34. The first kappa shape index (κ1) is 18.7. The Bertz CT molecular complexity index is 693. The summed E-state index contributed by atoms with van der Waals surface area (Å²) in [6, 6.07) is 4.82. The van der Waals surface area contributed by atoms with E-state index < -0.39 is 23.1 Å². The number of nitrogens with one attached hydrogen (secondary N) is 1. The van der Waals surface area contributed by atoms with Gasteiger partial charge in [-0.25, -0.2) is 0 Å². The number of carbonyl (C=O) groups is 2. The number of alkyl halides is 3. The molecule has 0 spiro atoms. The van der Waals surface area contributed by atoms with Gasteiger partial charge < -0.3 is 15.1 Å². The summed E-state index contributed by atoms with van der Waals surface area (Å²) < 4.78 is 39.3. The van der Waals surface area contributed by atoms with Crippen LogP contribution < -0.4 is 5.32 Å². The van der Waals surface area contributed by atoms with Crippen LogP contribution >= 0.6 is 0 Å². The van der Waals surface area contributed by atoms with Gasteiger partial charge in [-0.1, -0.05) is 19.1 Å². The Balaban J connectivity index is 1.71. The van der Waals surface area contributed by atoms with E-state index in [9.17, 15) is 22.8 Å². The predicted molar refractivity (Wildman–Crippen MR) is 90.4 cm³/mol. The number of anilines is 1. The Morgan fingerprint density at radius 1 is 1.12 bits per heavy atom. The van der Waals surface area contributed by atoms with Gasteiger partial charge in [0.2, 0.25) is 11.8 Å². The normalized spacial score (nSPS) is 19.9. The van der Waals surface area contributed by atoms with E-state index in [0.717, 1.165) is 25.7 Å². The van der Waals surface area contributed by atoms with Crippen LogP contribution in [0.2, 0.25) is 0 Å². The first-order valence-corrected chi connectivity index (χ1v) is 8.77. The average Bonchev–Trinajstić information content (AvgIpc) is 3.43. The zero-order valence-corrected chi connectivity index (χ0v) is 14.6. The van der Waals surface area contributed by atoms with Crippen molar-refractivity contribution in [3.05, 3.63) is 29.8 Å². The molecule has 1 heterocycles. The summed E-state index contributed by atoms with van der Waals surface area (Å²) in [6.07, 6.45) is -3.82. The standard InChI is InChI=1S/C18H22F3N3O2/c1-2-23-9-11-24(12-10-23)16(26)17(7-8-17)15(25)22-14-6-4-3-5-13(14)18(19,20)21/h3-6H,2,7-12H2,1H3,(H,22,25). The predicted octanol–water partition coefficient (Wildman–Crippen LogP) is 2.59. The second kappa shape index (κ2) is 6.90. The van der Waals surface area contributed by atoms with Crippen molar-refractivity contribution in [3.63, 3.8) is 0 Å². The maximum absolute atomic E-state index is 13.1.